The van der Waals surface area contributed by atoms with Gasteiger partial charge in [0, 0.05) is 17.7 Å². The number of hydrogen-bond acceptors (Lipinski definition) is 4. The van der Waals surface area contributed by atoms with Crippen LogP contribution in [0.1, 0.15) is 4.88 Å². The first-order valence-corrected chi connectivity index (χ1v) is 8.16. The van der Waals surface area contributed by atoms with Gasteiger partial charge in [-0.3, -0.25) is 9.36 Å². The van der Waals surface area contributed by atoms with Crippen molar-refractivity contribution in [1.82, 2.24) is 9.55 Å². The molecule has 6 heteroatoms. The van der Waals surface area contributed by atoms with E-state index < -0.39 is 0 Å². The summed E-state index contributed by atoms with van der Waals surface area (Å²) < 4.78 is 2.38. The lowest BCUT2D eigenvalue weighted by Gasteiger charge is -2.07. The van der Waals surface area contributed by atoms with E-state index in [2.05, 4.69) is 4.98 Å². The summed E-state index contributed by atoms with van der Waals surface area (Å²) in [6.07, 6.45) is 0. The molecule has 0 bridgehead atoms. The third-order valence-corrected chi connectivity index (χ3v) is 5.41. The van der Waals surface area contributed by atoms with Gasteiger partial charge in [-0.05, 0) is 24.3 Å². The Labute approximate surface area is 129 Å². The first-order chi connectivity index (χ1) is 9.65. The first kappa shape index (κ1) is 13.7. The summed E-state index contributed by atoms with van der Waals surface area (Å²) in [5, 5.41) is 1.37. The maximum atomic E-state index is 12.3. The van der Waals surface area contributed by atoms with Gasteiger partial charge < -0.3 is 0 Å². The summed E-state index contributed by atoms with van der Waals surface area (Å²) in [6, 6.07) is 11.3. The molecule has 0 saturated carbocycles. The Balaban J connectivity index is 1.95. The van der Waals surface area contributed by atoms with Crippen molar-refractivity contribution in [3.63, 3.8) is 0 Å². The highest BCUT2D eigenvalue weighted by molar-refractivity contribution is 7.98. The average molecular weight is 323 g/mol. The van der Waals surface area contributed by atoms with Crippen LogP contribution in [0.3, 0.4) is 0 Å². The van der Waals surface area contributed by atoms with Crippen LogP contribution in [0.2, 0.25) is 4.34 Å². The van der Waals surface area contributed by atoms with Crippen LogP contribution in [-0.4, -0.2) is 9.55 Å². The Morgan fingerprint density at radius 3 is 2.85 bits per heavy atom. The maximum absolute atomic E-state index is 12.3. The molecule has 2 aromatic heterocycles. The molecule has 0 N–H and O–H groups in total. The average Bonchev–Trinajstić information content (AvgIpc) is 2.87. The smallest absolute Gasteiger partial charge is 0.261 e. The number of hydrogen-bond donors (Lipinski definition) is 0. The van der Waals surface area contributed by atoms with Crippen molar-refractivity contribution >= 4 is 45.6 Å². The van der Waals surface area contributed by atoms with Gasteiger partial charge in [-0.1, -0.05) is 35.5 Å². The molecule has 20 heavy (non-hydrogen) atoms. The van der Waals surface area contributed by atoms with Gasteiger partial charge in [0.2, 0.25) is 0 Å². The quantitative estimate of drug-likeness (QED) is 0.541. The van der Waals surface area contributed by atoms with Gasteiger partial charge in [-0.2, -0.15) is 0 Å². The molecule has 0 saturated heterocycles. The monoisotopic (exact) mass is 322 g/mol. The number of thiophene rings is 1. The molecule has 3 rings (SSSR count). The molecule has 0 aliphatic carbocycles. The lowest BCUT2D eigenvalue weighted by Crippen LogP contribution is -2.19. The van der Waals surface area contributed by atoms with Crippen LogP contribution < -0.4 is 5.56 Å². The Morgan fingerprint density at radius 1 is 1.30 bits per heavy atom. The van der Waals surface area contributed by atoms with E-state index in [-0.39, 0.29) is 5.56 Å². The largest absolute Gasteiger partial charge is 0.290 e. The van der Waals surface area contributed by atoms with Crippen molar-refractivity contribution in [3.8, 4) is 0 Å². The minimum atomic E-state index is -0.0117. The van der Waals surface area contributed by atoms with Crippen LogP contribution in [0, 0.1) is 0 Å². The molecule has 2 heterocycles. The van der Waals surface area contributed by atoms with Crippen LogP contribution in [0.25, 0.3) is 10.9 Å². The molecule has 102 valence electrons. The second-order valence-corrected chi connectivity index (χ2v) is 7.01. The van der Waals surface area contributed by atoms with Crippen molar-refractivity contribution in [2.45, 2.75) is 10.9 Å². The predicted molar refractivity (Wildman–Crippen MR) is 85.9 cm³/mol. The van der Waals surface area contributed by atoms with E-state index in [1.54, 1.807) is 40.8 Å². The molecule has 0 atom stereocenters. The van der Waals surface area contributed by atoms with E-state index in [1.165, 1.54) is 4.88 Å². The van der Waals surface area contributed by atoms with Crippen LogP contribution in [0.5, 0.6) is 0 Å². The third kappa shape index (κ3) is 2.61. The summed E-state index contributed by atoms with van der Waals surface area (Å²) in [6.45, 7) is 0. The summed E-state index contributed by atoms with van der Waals surface area (Å²) in [5.41, 5.74) is 0.727. The van der Waals surface area contributed by atoms with Crippen molar-refractivity contribution in [3.05, 3.63) is 56.0 Å². The molecule has 0 aliphatic heterocycles. The molecule has 3 nitrogen and oxygen atoms in total. The number of benzene rings is 1. The molecule has 3 aromatic rings. The summed E-state index contributed by atoms with van der Waals surface area (Å²) in [4.78, 5) is 18.0. The fraction of sp³-hybridized carbons (Fsp3) is 0.143. The molecule has 1 aromatic carbocycles. The normalized spacial score (nSPS) is 11.1. The van der Waals surface area contributed by atoms with Crippen LogP contribution >= 0.6 is 34.7 Å². The number of fused-ring (bicyclic) bond motifs is 1. The fourth-order valence-corrected chi connectivity index (χ4v) is 3.99. The van der Waals surface area contributed by atoms with Gasteiger partial charge in [-0.25, -0.2) is 4.98 Å². The third-order valence-electron chi connectivity index (χ3n) is 2.91. The van der Waals surface area contributed by atoms with Crippen LogP contribution in [0.15, 0.2) is 46.3 Å². The predicted octanol–water partition coefficient (Wildman–Crippen LogP) is 3.94. The molecular weight excluding hydrogens is 312 g/mol. The van der Waals surface area contributed by atoms with Crippen molar-refractivity contribution in [2.75, 3.05) is 0 Å². The first-order valence-electron chi connectivity index (χ1n) is 5.98. The van der Waals surface area contributed by atoms with Gasteiger partial charge in [0.15, 0.2) is 5.16 Å². The van der Waals surface area contributed by atoms with Crippen LogP contribution in [0.4, 0.5) is 0 Å². The van der Waals surface area contributed by atoms with Crippen molar-refractivity contribution < 1.29 is 0 Å². The molecular formula is C14H11ClN2OS2. The summed E-state index contributed by atoms with van der Waals surface area (Å²) >= 11 is 9.01. The van der Waals surface area contributed by atoms with Crippen LogP contribution in [-0.2, 0) is 12.8 Å². The molecule has 0 unspecified atom stereocenters. The van der Waals surface area contributed by atoms with E-state index in [9.17, 15) is 4.79 Å². The van der Waals surface area contributed by atoms with Gasteiger partial charge in [0.05, 0.1) is 15.2 Å². The van der Waals surface area contributed by atoms with E-state index in [1.807, 2.05) is 30.3 Å². The molecule has 0 spiro atoms. The Hall–Kier alpha value is -1.30. The lowest BCUT2D eigenvalue weighted by atomic mass is 10.2. The molecule has 0 fully saturated rings. The standard InChI is InChI=1S/C14H11ClN2OS2/c1-17-13(18)10-4-2-3-5-11(10)16-14(17)19-8-9-6-7-12(15)20-9/h2-7H,8H2,1H3. The molecule has 0 amide bonds. The number of aromatic nitrogens is 2. The minimum absolute atomic E-state index is 0.0117. The Kier molecular flexibility index (Phi) is 3.83. The zero-order valence-electron chi connectivity index (χ0n) is 10.7. The van der Waals surface area contributed by atoms with Gasteiger partial charge in [0.25, 0.3) is 5.56 Å². The molecule has 0 radical (unpaired) electrons. The SMILES string of the molecule is Cn1c(SCc2ccc(Cl)s2)nc2ccccc2c1=O. The Morgan fingerprint density at radius 2 is 2.10 bits per heavy atom. The van der Waals surface area contributed by atoms with Gasteiger partial charge in [0.1, 0.15) is 0 Å². The number of rotatable bonds is 3. The Bertz CT molecular complexity index is 825. The highest BCUT2D eigenvalue weighted by Gasteiger charge is 2.09. The van der Waals surface area contributed by atoms with E-state index >= 15 is 0 Å². The van der Waals surface area contributed by atoms with E-state index in [0.717, 1.165) is 20.8 Å². The zero-order chi connectivity index (χ0) is 14.1. The second kappa shape index (κ2) is 5.60. The minimum Gasteiger partial charge on any atom is -0.290 e. The fourth-order valence-electron chi connectivity index (χ4n) is 1.89. The maximum Gasteiger partial charge on any atom is 0.261 e. The summed E-state index contributed by atoms with van der Waals surface area (Å²) in [5.74, 6) is 0.760. The zero-order valence-corrected chi connectivity index (χ0v) is 13.1. The highest BCUT2D eigenvalue weighted by atomic mass is 35.5. The number of para-hydroxylation sites is 1. The van der Waals surface area contributed by atoms with Gasteiger partial charge in [-0.15, -0.1) is 11.3 Å². The number of thioether (sulfide) groups is 1. The van der Waals surface area contributed by atoms with E-state index in [4.69, 9.17) is 11.6 Å². The summed E-state index contributed by atoms with van der Waals surface area (Å²) in [7, 11) is 1.76. The van der Waals surface area contributed by atoms with Gasteiger partial charge >= 0.3 is 0 Å². The lowest BCUT2D eigenvalue weighted by molar-refractivity contribution is 0.726. The van der Waals surface area contributed by atoms with E-state index in [0.29, 0.717) is 5.39 Å². The second-order valence-electron chi connectivity index (χ2n) is 4.27. The number of nitrogens with zero attached hydrogens (tertiary/aromatic N) is 2. The van der Waals surface area contributed by atoms with Crippen molar-refractivity contribution in [2.24, 2.45) is 7.05 Å². The van der Waals surface area contributed by atoms with Crippen molar-refractivity contribution in [1.29, 1.82) is 0 Å². The topological polar surface area (TPSA) is 34.9 Å². The highest BCUT2D eigenvalue weighted by Crippen LogP contribution is 2.28. The number of halogens is 1. The molecule has 0 aliphatic rings.